The number of hydrogen-bond acceptors (Lipinski definition) is 4. The predicted octanol–water partition coefficient (Wildman–Crippen LogP) is 2.30. The summed E-state index contributed by atoms with van der Waals surface area (Å²) in [6.45, 7) is 7.38. The Morgan fingerprint density at radius 2 is 1.86 bits per heavy atom. The van der Waals surface area contributed by atoms with E-state index in [1.54, 1.807) is 24.3 Å². The van der Waals surface area contributed by atoms with Crippen molar-refractivity contribution >= 4 is 17.4 Å². The van der Waals surface area contributed by atoms with Gasteiger partial charge >= 0.3 is 0 Å². The van der Waals surface area contributed by atoms with Crippen LogP contribution in [0.3, 0.4) is 0 Å². The number of aliphatic hydroxyl groups excluding tert-OH is 1. The summed E-state index contributed by atoms with van der Waals surface area (Å²) in [5, 5.41) is 9.90. The summed E-state index contributed by atoms with van der Waals surface area (Å²) in [4.78, 5) is 25.0. The van der Waals surface area contributed by atoms with Crippen LogP contribution in [-0.2, 0) is 9.59 Å². The van der Waals surface area contributed by atoms with Crippen LogP contribution in [0, 0.1) is 0 Å². The molecule has 0 saturated heterocycles. The molecular weight excluding hydrogens is 270 g/mol. The number of benzene rings is 1. The molecule has 0 spiro atoms. The van der Waals surface area contributed by atoms with Crippen molar-refractivity contribution in [3.8, 4) is 5.75 Å². The molecule has 0 aliphatic carbocycles. The SMILES string of the molecule is C=CCN1C(=O)C(O)=C(c2ccc(OC(C)C)cc2)C1=O. The molecule has 1 aromatic rings. The number of hydrogen-bond donors (Lipinski definition) is 1. The molecule has 110 valence electrons. The summed E-state index contributed by atoms with van der Waals surface area (Å²) < 4.78 is 5.51. The van der Waals surface area contributed by atoms with E-state index in [0.717, 1.165) is 4.90 Å². The maximum Gasteiger partial charge on any atom is 0.296 e. The van der Waals surface area contributed by atoms with Crippen LogP contribution >= 0.6 is 0 Å². The van der Waals surface area contributed by atoms with Crippen LogP contribution in [0.4, 0.5) is 0 Å². The summed E-state index contributed by atoms with van der Waals surface area (Å²) in [6.07, 6.45) is 1.48. The van der Waals surface area contributed by atoms with Crippen LogP contribution in [0.25, 0.3) is 5.57 Å². The van der Waals surface area contributed by atoms with E-state index in [2.05, 4.69) is 6.58 Å². The lowest BCUT2D eigenvalue weighted by molar-refractivity contribution is -0.137. The zero-order valence-electron chi connectivity index (χ0n) is 12.0. The van der Waals surface area contributed by atoms with Crippen LogP contribution in [0.15, 0.2) is 42.7 Å². The second-order valence-corrected chi connectivity index (χ2v) is 4.92. The lowest BCUT2D eigenvalue weighted by Crippen LogP contribution is -2.31. The van der Waals surface area contributed by atoms with Crippen molar-refractivity contribution in [1.29, 1.82) is 0 Å². The average Bonchev–Trinajstić information content (AvgIpc) is 2.64. The van der Waals surface area contributed by atoms with Gasteiger partial charge in [-0.3, -0.25) is 14.5 Å². The summed E-state index contributed by atoms with van der Waals surface area (Å²) in [7, 11) is 0. The molecule has 0 saturated carbocycles. The highest BCUT2D eigenvalue weighted by molar-refractivity contribution is 6.34. The Kier molecular flexibility index (Phi) is 4.12. The van der Waals surface area contributed by atoms with E-state index >= 15 is 0 Å². The molecule has 0 bridgehead atoms. The van der Waals surface area contributed by atoms with Crippen molar-refractivity contribution < 1.29 is 19.4 Å². The molecule has 5 heteroatoms. The van der Waals surface area contributed by atoms with Crippen molar-refractivity contribution in [2.45, 2.75) is 20.0 Å². The molecule has 1 aliphatic heterocycles. The van der Waals surface area contributed by atoms with E-state index in [4.69, 9.17) is 4.74 Å². The highest BCUT2D eigenvalue weighted by Crippen LogP contribution is 2.29. The minimum atomic E-state index is -0.697. The third-order valence-electron chi connectivity index (χ3n) is 2.97. The summed E-state index contributed by atoms with van der Waals surface area (Å²) in [5.74, 6) is -1.08. The smallest absolute Gasteiger partial charge is 0.296 e. The van der Waals surface area contributed by atoms with Gasteiger partial charge in [0.1, 0.15) is 5.75 Å². The van der Waals surface area contributed by atoms with Crippen molar-refractivity contribution in [1.82, 2.24) is 4.90 Å². The molecule has 0 atom stereocenters. The third kappa shape index (κ3) is 2.81. The van der Waals surface area contributed by atoms with Gasteiger partial charge in [0, 0.05) is 6.54 Å². The maximum absolute atomic E-state index is 12.2. The minimum Gasteiger partial charge on any atom is -0.502 e. The van der Waals surface area contributed by atoms with Crippen LogP contribution in [-0.4, -0.2) is 34.5 Å². The van der Waals surface area contributed by atoms with E-state index in [1.807, 2.05) is 13.8 Å². The number of amides is 2. The molecule has 0 radical (unpaired) electrons. The average molecular weight is 287 g/mol. The largest absolute Gasteiger partial charge is 0.502 e. The number of rotatable bonds is 5. The predicted molar refractivity (Wildman–Crippen MR) is 78.7 cm³/mol. The van der Waals surface area contributed by atoms with Gasteiger partial charge in [0.05, 0.1) is 11.7 Å². The van der Waals surface area contributed by atoms with E-state index in [9.17, 15) is 14.7 Å². The fourth-order valence-corrected chi connectivity index (χ4v) is 2.09. The molecule has 2 amide bonds. The molecule has 1 aromatic carbocycles. The zero-order valence-corrected chi connectivity index (χ0v) is 12.0. The van der Waals surface area contributed by atoms with Crippen LogP contribution in [0.5, 0.6) is 5.75 Å². The number of carbonyl (C=O) groups is 2. The molecule has 1 aliphatic rings. The Hall–Kier alpha value is -2.56. The lowest BCUT2D eigenvalue weighted by Gasteiger charge is -2.12. The Morgan fingerprint density at radius 3 is 2.38 bits per heavy atom. The first-order valence-electron chi connectivity index (χ1n) is 6.63. The van der Waals surface area contributed by atoms with E-state index in [1.165, 1.54) is 6.08 Å². The van der Waals surface area contributed by atoms with Gasteiger partial charge in [-0.2, -0.15) is 0 Å². The van der Waals surface area contributed by atoms with E-state index in [0.29, 0.717) is 11.3 Å². The van der Waals surface area contributed by atoms with Gasteiger partial charge in [-0.25, -0.2) is 0 Å². The highest BCUT2D eigenvalue weighted by atomic mass is 16.5. The molecule has 1 heterocycles. The fourth-order valence-electron chi connectivity index (χ4n) is 2.09. The molecule has 1 N–H and O–H groups in total. The molecule has 2 rings (SSSR count). The second-order valence-electron chi connectivity index (χ2n) is 4.92. The third-order valence-corrected chi connectivity index (χ3v) is 2.97. The monoisotopic (exact) mass is 287 g/mol. The topological polar surface area (TPSA) is 66.8 Å². The summed E-state index contributed by atoms with van der Waals surface area (Å²) >= 11 is 0. The second kappa shape index (κ2) is 5.83. The number of carbonyl (C=O) groups excluding carboxylic acids is 2. The normalized spacial score (nSPS) is 15.1. The highest BCUT2D eigenvalue weighted by Gasteiger charge is 2.38. The Morgan fingerprint density at radius 1 is 1.24 bits per heavy atom. The van der Waals surface area contributed by atoms with Gasteiger partial charge in [-0.1, -0.05) is 18.2 Å². The van der Waals surface area contributed by atoms with Gasteiger partial charge < -0.3 is 9.84 Å². The summed E-state index contributed by atoms with van der Waals surface area (Å²) in [5.41, 5.74) is 0.492. The van der Waals surface area contributed by atoms with Crippen molar-refractivity contribution in [2.75, 3.05) is 6.54 Å². The van der Waals surface area contributed by atoms with Crippen LogP contribution < -0.4 is 4.74 Å². The van der Waals surface area contributed by atoms with E-state index in [-0.39, 0.29) is 18.2 Å². The quantitative estimate of drug-likeness (QED) is 0.666. The molecule has 0 aromatic heterocycles. The zero-order chi connectivity index (χ0) is 15.6. The first-order chi connectivity index (χ1) is 9.95. The Bertz CT molecular complexity index is 614. The maximum atomic E-state index is 12.2. The van der Waals surface area contributed by atoms with Crippen molar-refractivity contribution in [3.63, 3.8) is 0 Å². The summed E-state index contributed by atoms with van der Waals surface area (Å²) in [6, 6.07) is 6.69. The van der Waals surface area contributed by atoms with Crippen LogP contribution in [0.2, 0.25) is 0 Å². The first-order valence-corrected chi connectivity index (χ1v) is 6.63. The van der Waals surface area contributed by atoms with Gasteiger partial charge in [-0.15, -0.1) is 6.58 Å². The fraction of sp³-hybridized carbons (Fsp3) is 0.250. The minimum absolute atomic E-state index is 0.0120. The first kappa shape index (κ1) is 14.8. The van der Waals surface area contributed by atoms with Gasteiger partial charge in [-0.05, 0) is 31.5 Å². The van der Waals surface area contributed by atoms with Crippen LogP contribution in [0.1, 0.15) is 19.4 Å². The number of imide groups is 1. The molecule has 21 heavy (non-hydrogen) atoms. The lowest BCUT2D eigenvalue weighted by atomic mass is 10.1. The Balaban J connectivity index is 2.31. The molecule has 0 unspecified atom stereocenters. The van der Waals surface area contributed by atoms with Gasteiger partial charge in [0.25, 0.3) is 11.8 Å². The van der Waals surface area contributed by atoms with E-state index < -0.39 is 17.6 Å². The van der Waals surface area contributed by atoms with Crippen molar-refractivity contribution in [3.05, 3.63) is 48.2 Å². The van der Waals surface area contributed by atoms with Gasteiger partial charge in [0.2, 0.25) is 0 Å². The number of aliphatic hydroxyl groups is 1. The molecule has 0 fully saturated rings. The standard InChI is InChI=1S/C16H17NO4/c1-4-9-17-15(19)13(14(18)16(17)20)11-5-7-12(8-6-11)21-10(2)3/h4-8,10,18H,1,9H2,2-3H3. The van der Waals surface area contributed by atoms with Crippen molar-refractivity contribution in [2.24, 2.45) is 0 Å². The molecular formula is C16H17NO4. The molecule has 5 nitrogen and oxygen atoms in total. The Labute approximate surface area is 123 Å². The van der Waals surface area contributed by atoms with Gasteiger partial charge in [0.15, 0.2) is 5.76 Å². The number of nitrogens with zero attached hydrogens (tertiary/aromatic N) is 1. The number of ether oxygens (including phenoxy) is 1.